The molecule has 0 amide bonds. The second kappa shape index (κ2) is 4.22. The van der Waals surface area contributed by atoms with E-state index in [9.17, 15) is 0 Å². The number of hydrogen-bond acceptors (Lipinski definition) is 5. The minimum absolute atomic E-state index is 0.510. The quantitative estimate of drug-likeness (QED) is 0.787. The van der Waals surface area contributed by atoms with Crippen molar-refractivity contribution in [2.75, 3.05) is 6.54 Å². The fourth-order valence-corrected chi connectivity index (χ4v) is 1.25. The second-order valence-electron chi connectivity index (χ2n) is 3.14. The molecule has 0 aromatic carbocycles. The van der Waals surface area contributed by atoms with E-state index in [1.165, 1.54) is 0 Å². The highest BCUT2D eigenvalue weighted by Gasteiger charge is 2.09. The number of aryl methyl sites for hydroxylation is 1. The maximum Gasteiger partial charge on any atom is 0.228 e. The zero-order valence-corrected chi connectivity index (χ0v) is 8.55. The third-order valence-electron chi connectivity index (χ3n) is 2.04. The average Bonchev–Trinajstić information content (AvgIpc) is 2.85. The van der Waals surface area contributed by atoms with Gasteiger partial charge in [0.1, 0.15) is 0 Å². The average molecular weight is 207 g/mol. The molecule has 15 heavy (non-hydrogen) atoms. The molecule has 2 aromatic heterocycles. The lowest BCUT2D eigenvalue weighted by Crippen LogP contribution is -2.02. The Morgan fingerprint density at radius 2 is 2.40 bits per heavy atom. The molecule has 0 aliphatic rings. The highest BCUT2D eigenvalue weighted by Crippen LogP contribution is 2.14. The summed E-state index contributed by atoms with van der Waals surface area (Å²) in [6.45, 7) is 3.36. The van der Waals surface area contributed by atoms with Gasteiger partial charge < -0.3 is 10.3 Å². The van der Waals surface area contributed by atoms with Crippen molar-refractivity contribution in [3.8, 4) is 11.4 Å². The van der Waals surface area contributed by atoms with Gasteiger partial charge in [0.25, 0.3) is 0 Å². The Labute approximate surface area is 87.1 Å². The molecule has 0 saturated heterocycles. The van der Waals surface area contributed by atoms with Gasteiger partial charge in [-0.15, -0.1) is 0 Å². The van der Waals surface area contributed by atoms with Crippen LogP contribution in [-0.2, 0) is 13.0 Å². The summed E-state index contributed by atoms with van der Waals surface area (Å²) in [5.41, 5.74) is 6.25. The first kappa shape index (κ1) is 9.85. The highest BCUT2D eigenvalue weighted by atomic mass is 16.5. The van der Waals surface area contributed by atoms with Gasteiger partial charge in [-0.05, 0) is 6.92 Å². The molecule has 6 nitrogen and oxygen atoms in total. The van der Waals surface area contributed by atoms with Gasteiger partial charge in [-0.1, -0.05) is 5.16 Å². The first-order valence-electron chi connectivity index (χ1n) is 4.89. The number of nitrogens with zero attached hydrogens (tertiary/aromatic N) is 4. The third-order valence-corrected chi connectivity index (χ3v) is 2.04. The van der Waals surface area contributed by atoms with Crippen LogP contribution >= 0.6 is 0 Å². The Morgan fingerprint density at radius 3 is 3.07 bits per heavy atom. The number of hydrogen-bond donors (Lipinski definition) is 1. The van der Waals surface area contributed by atoms with E-state index in [0.29, 0.717) is 24.7 Å². The molecule has 80 valence electrons. The largest absolute Gasteiger partial charge is 0.339 e. The lowest BCUT2D eigenvalue weighted by Gasteiger charge is -1.89. The SMILES string of the molecule is CCn1cc(-c2noc(CCN)n2)cn1. The van der Waals surface area contributed by atoms with E-state index in [2.05, 4.69) is 15.2 Å². The third kappa shape index (κ3) is 2.04. The van der Waals surface area contributed by atoms with E-state index >= 15 is 0 Å². The molecule has 2 N–H and O–H groups in total. The summed E-state index contributed by atoms with van der Waals surface area (Å²) >= 11 is 0. The minimum atomic E-state index is 0.510. The summed E-state index contributed by atoms with van der Waals surface area (Å²) in [5, 5.41) is 7.99. The van der Waals surface area contributed by atoms with Gasteiger partial charge in [-0.25, -0.2) is 0 Å². The summed E-state index contributed by atoms with van der Waals surface area (Å²) in [6.07, 6.45) is 4.21. The smallest absolute Gasteiger partial charge is 0.228 e. The Hall–Kier alpha value is -1.69. The molecule has 0 aliphatic carbocycles. The van der Waals surface area contributed by atoms with Crippen molar-refractivity contribution in [3.63, 3.8) is 0 Å². The van der Waals surface area contributed by atoms with Crippen LogP contribution in [0, 0.1) is 0 Å². The van der Waals surface area contributed by atoms with Gasteiger partial charge >= 0.3 is 0 Å². The number of rotatable bonds is 4. The van der Waals surface area contributed by atoms with E-state index in [4.69, 9.17) is 10.3 Å². The molecule has 2 aromatic rings. The fourth-order valence-electron chi connectivity index (χ4n) is 1.25. The lowest BCUT2D eigenvalue weighted by molar-refractivity contribution is 0.380. The van der Waals surface area contributed by atoms with E-state index in [1.807, 2.05) is 17.8 Å². The van der Waals surface area contributed by atoms with Gasteiger partial charge in [0.15, 0.2) is 0 Å². The number of aromatic nitrogens is 4. The van der Waals surface area contributed by atoms with Crippen molar-refractivity contribution in [3.05, 3.63) is 18.3 Å². The maximum absolute atomic E-state index is 5.39. The Balaban J connectivity index is 2.21. The molecule has 0 radical (unpaired) electrons. The van der Waals surface area contributed by atoms with Gasteiger partial charge in [0, 0.05) is 25.7 Å². The van der Waals surface area contributed by atoms with Crippen LogP contribution in [0.2, 0.25) is 0 Å². The number of nitrogens with two attached hydrogens (primary N) is 1. The first-order chi connectivity index (χ1) is 7.33. The van der Waals surface area contributed by atoms with Gasteiger partial charge in [-0.2, -0.15) is 10.1 Å². The lowest BCUT2D eigenvalue weighted by atomic mass is 10.3. The molecule has 0 atom stereocenters. The van der Waals surface area contributed by atoms with Gasteiger partial charge in [-0.3, -0.25) is 4.68 Å². The summed E-state index contributed by atoms with van der Waals surface area (Å²) in [7, 11) is 0. The normalized spacial score (nSPS) is 10.8. The first-order valence-corrected chi connectivity index (χ1v) is 4.89. The summed E-state index contributed by atoms with van der Waals surface area (Å²) in [5.74, 6) is 1.13. The molecule has 0 fully saturated rings. The molecule has 0 saturated carbocycles. The Kier molecular flexibility index (Phi) is 2.77. The zero-order chi connectivity index (χ0) is 10.7. The predicted octanol–water partition coefficient (Wildman–Crippen LogP) is 0.454. The van der Waals surface area contributed by atoms with Crippen molar-refractivity contribution in [2.24, 2.45) is 5.73 Å². The van der Waals surface area contributed by atoms with Crippen LogP contribution in [0.15, 0.2) is 16.9 Å². The van der Waals surface area contributed by atoms with Crippen LogP contribution in [0.3, 0.4) is 0 Å². The molecule has 2 rings (SSSR count). The van der Waals surface area contributed by atoms with E-state index in [1.54, 1.807) is 6.20 Å². The van der Waals surface area contributed by atoms with E-state index < -0.39 is 0 Å². The maximum atomic E-state index is 5.39. The van der Waals surface area contributed by atoms with E-state index in [-0.39, 0.29) is 0 Å². The fraction of sp³-hybridized carbons (Fsp3) is 0.444. The summed E-state index contributed by atoms with van der Waals surface area (Å²) < 4.78 is 6.84. The second-order valence-corrected chi connectivity index (χ2v) is 3.14. The topological polar surface area (TPSA) is 82.8 Å². The molecule has 6 heteroatoms. The molecular formula is C9H13N5O. The van der Waals surface area contributed by atoms with Crippen LogP contribution in [0.1, 0.15) is 12.8 Å². The van der Waals surface area contributed by atoms with Gasteiger partial charge in [0.2, 0.25) is 11.7 Å². The van der Waals surface area contributed by atoms with Crippen molar-refractivity contribution in [2.45, 2.75) is 19.9 Å². The van der Waals surface area contributed by atoms with Crippen molar-refractivity contribution >= 4 is 0 Å². The summed E-state index contributed by atoms with van der Waals surface area (Å²) in [6, 6.07) is 0. The molecule has 2 heterocycles. The van der Waals surface area contributed by atoms with Crippen LogP contribution in [-0.4, -0.2) is 26.5 Å². The van der Waals surface area contributed by atoms with Gasteiger partial charge in [0.05, 0.1) is 11.8 Å². The monoisotopic (exact) mass is 207 g/mol. The van der Waals surface area contributed by atoms with Crippen molar-refractivity contribution in [1.29, 1.82) is 0 Å². The molecule has 0 spiro atoms. The Morgan fingerprint density at radius 1 is 1.53 bits per heavy atom. The van der Waals surface area contributed by atoms with Crippen LogP contribution in [0.5, 0.6) is 0 Å². The highest BCUT2D eigenvalue weighted by molar-refractivity contribution is 5.50. The Bertz CT molecular complexity index is 433. The molecule has 0 unspecified atom stereocenters. The van der Waals surface area contributed by atoms with Crippen molar-refractivity contribution in [1.82, 2.24) is 19.9 Å². The minimum Gasteiger partial charge on any atom is -0.339 e. The molecule has 0 aliphatic heterocycles. The molecule has 0 bridgehead atoms. The standard InChI is InChI=1S/C9H13N5O/c1-2-14-6-7(5-11-14)9-12-8(3-4-10)15-13-9/h5-6H,2-4,10H2,1H3. The van der Waals surface area contributed by atoms with E-state index in [0.717, 1.165) is 12.1 Å². The zero-order valence-electron chi connectivity index (χ0n) is 8.55. The van der Waals surface area contributed by atoms with Crippen molar-refractivity contribution < 1.29 is 4.52 Å². The predicted molar refractivity (Wildman–Crippen MR) is 54.0 cm³/mol. The van der Waals surface area contributed by atoms with Crippen LogP contribution in [0.25, 0.3) is 11.4 Å². The molecular weight excluding hydrogens is 194 g/mol. The summed E-state index contributed by atoms with van der Waals surface area (Å²) in [4.78, 5) is 4.21. The van der Waals surface area contributed by atoms with Crippen LogP contribution in [0.4, 0.5) is 0 Å². The van der Waals surface area contributed by atoms with Crippen LogP contribution < -0.4 is 5.73 Å².